The van der Waals surface area contributed by atoms with Crippen LogP contribution in [-0.2, 0) is 4.74 Å². The predicted molar refractivity (Wildman–Crippen MR) is 43.0 cm³/mol. The van der Waals surface area contributed by atoms with Gasteiger partial charge in [-0.15, -0.1) is 0 Å². The lowest BCUT2D eigenvalue weighted by molar-refractivity contribution is -0.00721. The molecule has 1 nitrogen and oxygen atoms in total. The van der Waals surface area contributed by atoms with E-state index >= 15 is 0 Å². The van der Waals surface area contributed by atoms with E-state index < -0.39 is 0 Å². The van der Waals surface area contributed by atoms with Gasteiger partial charge in [0.2, 0.25) is 0 Å². The Bertz CT molecular complexity index is 82.7. The van der Waals surface area contributed by atoms with Crippen molar-refractivity contribution in [1.82, 2.24) is 0 Å². The monoisotopic (exact) mass is 142 g/mol. The number of ether oxygens (including phenoxy) is 1. The summed E-state index contributed by atoms with van der Waals surface area (Å²) in [5.74, 6) is 0.862. The highest BCUT2D eigenvalue weighted by Crippen LogP contribution is 2.21. The lowest BCUT2D eigenvalue weighted by Crippen LogP contribution is -2.23. The van der Waals surface area contributed by atoms with Crippen LogP contribution in [0.5, 0.6) is 0 Å². The van der Waals surface area contributed by atoms with Crippen LogP contribution in [0, 0.1) is 5.92 Å². The third-order valence-corrected chi connectivity index (χ3v) is 2.29. The average molecular weight is 142 g/mol. The maximum Gasteiger partial charge on any atom is 0.0547 e. The van der Waals surface area contributed by atoms with Gasteiger partial charge in [0.05, 0.1) is 6.10 Å². The zero-order chi connectivity index (χ0) is 7.40. The van der Waals surface area contributed by atoms with Crippen LogP contribution in [0.2, 0.25) is 0 Å². The lowest BCUT2D eigenvalue weighted by atomic mass is 9.95. The summed E-state index contributed by atoms with van der Waals surface area (Å²) in [6.07, 6.45) is 5.84. The van der Waals surface area contributed by atoms with Gasteiger partial charge < -0.3 is 4.74 Å². The maximum absolute atomic E-state index is 5.54. The van der Waals surface area contributed by atoms with Crippen LogP contribution in [0.25, 0.3) is 0 Å². The number of hydrogen-bond donors (Lipinski definition) is 0. The zero-order valence-electron chi connectivity index (χ0n) is 7.10. The topological polar surface area (TPSA) is 9.23 Å². The summed E-state index contributed by atoms with van der Waals surface area (Å²) in [5, 5.41) is 0. The Morgan fingerprint density at radius 1 is 1.40 bits per heavy atom. The standard InChI is InChI=1S/C9H18O/c1-3-4-9-6-5-8(2)10-7-9/h8-9H,3-7H2,1-2H3. The molecule has 60 valence electrons. The van der Waals surface area contributed by atoms with Crippen molar-refractivity contribution in [2.24, 2.45) is 5.92 Å². The molecule has 0 bridgehead atoms. The molecule has 0 radical (unpaired) electrons. The van der Waals surface area contributed by atoms with E-state index in [9.17, 15) is 0 Å². The summed E-state index contributed by atoms with van der Waals surface area (Å²) in [5.41, 5.74) is 0. The van der Waals surface area contributed by atoms with Crippen LogP contribution in [-0.4, -0.2) is 12.7 Å². The molecule has 1 aliphatic rings. The highest BCUT2D eigenvalue weighted by Gasteiger charge is 2.16. The van der Waals surface area contributed by atoms with E-state index in [-0.39, 0.29) is 0 Å². The van der Waals surface area contributed by atoms with Gasteiger partial charge in [0.25, 0.3) is 0 Å². The molecular weight excluding hydrogens is 124 g/mol. The summed E-state index contributed by atoms with van der Waals surface area (Å²) in [6.45, 7) is 5.43. The third kappa shape index (κ3) is 2.30. The third-order valence-electron chi connectivity index (χ3n) is 2.29. The fourth-order valence-corrected chi connectivity index (χ4v) is 1.57. The maximum atomic E-state index is 5.54. The van der Waals surface area contributed by atoms with Crippen LogP contribution >= 0.6 is 0 Å². The van der Waals surface area contributed by atoms with E-state index in [0.717, 1.165) is 12.5 Å². The van der Waals surface area contributed by atoms with Gasteiger partial charge in [-0.1, -0.05) is 13.3 Å². The zero-order valence-corrected chi connectivity index (χ0v) is 7.10. The molecule has 1 rings (SSSR count). The fraction of sp³-hybridized carbons (Fsp3) is 1.00. The summed E-state index contributed by atoms with van der Waals surface area (Å²) < 4.78 is 5.54. The van der Waals surface area contributed by atoms with Crippen molar-refractivity contribution in [3.8, 4) is 0 Å². The number of rotatable bonds is 2. The SMILES string of the molecule is CCCC1CCC(C)OC1. The molecule has 0 aromatic rings. The fourth-order valence-electron chi connectivity index (χ4n) is 1.57. The quantitative estimate of drug-likeness (QED) is 0.576. The average Bonchev–Trinajstić information content (AvgIpc) is 1.95. The Balaban J connectivity index is 2.13. The van der Waals surface area contributed by atoms with E-state index in [2.05, 4.69) is 13.8 Å². The van der Waals surface area contributed by atoms with Crippen molar-refractivity contribution < 1.29 is 4.74 Å². The van der Waals surface area contributed by atoms with E-state index in [0.29, 0.717) is 6.10 Å². The Labute approximate surface area is 63.8 Å². The first kappa shape index (κ1) is 8.06. The Hall–Kier alpha value is -0.0400. The minimum Gasteiger partial charge on any atom is -0.378 e. The van der Waals surface area contributed by atoms with Gasteiger partial charge in [-0.25, -0.2) is 0 Å². The molecule has 1 heteroatoms. The molecule has 10 heavy (non-hydrogen) atoms. The smallest absolute Gasteiger partial charge is 0.0547 e. The van der Waals surface area contributed by atoms with Crippen LogP contribution in [0.4, 0.5) is 0 Å². The van der Waals surface area contributed by atoms with Crippen molar-refractivity contribution >= 4 is 0 Å². The first-order chi connectivity index (χ1) is 4.83. The molecule has 0 N–H and O–H groups in total. The van der Waals surface area contributed by atoms with Crippen molar-refractivity contribution in [2.45, 2.75) is 45.6 Å². The van der Waals surface area contributed by atoms with Crippen molar-refractivity contribution in [1.29, 1.82) is 0 Å². The second-order valence-electron chi connectivity index (χ2n) is 3.38. The summed E-state index contributed by atoms with van der Waals surface area (Å²) >= 11 is 0. The van der Waals surface area contributed by atoms with Crippen LogP contribution < -0.4 is 0 Å². The van der Waals surface area contributed by atoms with Crippen molar-refractivity contribution in [3.63, 3.8) is 0 Å². The molecule has 0 saturated carbocycles. The predicted octanol–water partition coefficient (Wildman–Crippen LogP) is 2.60. The molecule has 0 spiro atoms. The molecule has 0 aliphatic carbocycles. The Morgan fingerprint density at radius 2 is 2.20 bits per heavy atom. The van der Waals surface area contributed by atoms with Gasteiger partial charge in [-0.2, -0.15) is 0 Å². The van der Waals surface area contributed by atoms with Crippen LogP contribution in [0.15, 0.2) is 0 Å². The first-order valence-corrected chi connectivity index (χ1v) is 4.44. The normalized spacial score (nSPS) is 34.2. The van der Waals surface area contributed by atoms with Crippen molar-refractivity contribution in [2.75, 3.05) is 6.61 Å². The molecular formula is C9H18O. The van der Waals surface area contributed by atoms with Gasteiger partial charge >= 0.3 is 0 Å². The van der Waals surface area contributed by atoms with Crippen LogP contribution in [0.1, 0.15) is 39.5 Å². The van der Waals surface area contributed by atoms with Gasteiger partial charge in [-0.3, -0.25) is 0 Å². The van der Waals surface area contributed by atoms with Gasteiger partial charge in [0.15, 0.2) is 0 Å². The van der Waals surface area contributed by atoms with Gasteiger partial charge in [0, 0.05) is 6.61 Å². The Kier molecular flexibility index (Phi) is 3.20. The molecule has 0 aromatic heterocycles. The summed E-state index contributed by atoms with van der Waals surface area (Å²) in [7, 11) is 0. The first-order valence-electron chi connectivity index (χ1n) is 4.44. The number of hydrogen-bond acceptors (Lipinski definition) is 1. The molecule has 1 aliphatic heterocycles. The van der Waals surface area contributed by atoms with Crippen molar-refractivity contribution in [3.05, 3.63) is 0 Å². The van der Waals surface area contributed by atoms with Gasteiger partial charge in [0.1, 0.15) is 0 Å². The minimum atomic E-state index is 0.521. The molecule has 1 saturated heterocycles. The molecule has 1 fully saturated rings. The highest BCUT2D eigenvalue weighted by molar-refractivity contribution is 4.66. The Morgan fingerprint density at radius 3 is 2.70 bits per heavy atom. The summed E-state index contributed by atoms with van der Waals surface area (Å²) in [4.78, 5) is 0. The summed E-state index contributed by atoms with van der Waals surface area (Å²) in [6, 6.07) is 0. The van der Waals surface area contributed by atoms with E-state index in [1.54, 1.807) is 0 Å². The molecule has 1 heterocycles. The molecule has 2 unspecified atom stereocenters. The van der Waals surface area contributed by atoms with E-state index in [1.807, 2.05) is 0 Å². The second kappa shape index (κ2) is 3.97. The second-order valence-corrected chi connectivity index (χ2v) is 3.38. The van der Waals surface area contributed by atoms with Crippen LogP contribution in [0.3, 0.4) is 0 Å². The minimum absolute atomic E-state index is 0.521. The van der Waals surface area contributed by atoms with E-state index in [1.165, 1.54) is 25.7 Å². The van der Waals surface area contributed by atoms with E-state index in [4.69, 9.17) is 4.74 Å². The van der Waals surface area contributed by atoms with Gasteiger partial charge in [-0.05, 0) is 32.1 Å². The molecule has 2 atom stereocenters. The molecule has 0 aromatic carbocycles. The molecule has 0 amide bonds. The largest absolute Gasteiger partial charge is 0.378 e. The highest BCUT2D eigenvalue weighted by atomic mass is 16.5. The lowest BCUT2D eigenvalue weighted by Gasteiger charge is -2.26.